The van der Waals surface area contributed by atoms with E-state index in [0.717, 1.165) is 28.4 Å². The van der Waals surface area contributed by atoms with Crippen molar-refractivity contribution >= 4 is 17.1 Å². The van der Waals surface area contributed by atoms with Crippen molar-refractivity contribution in [2.45, 2.75) is 27.2 Å². The lowest BCUT2D eigenvalue weighted by Gasteiger charge is -2.27. The minimum absolute atomic E-state index is 0.166. The molecule has 0 bridgehead atoms. The highest BCUT2D eigenvalue weighted by Gasteiger charge is 2.15. The van der Waals surface area contributed by atoms with Crippen molar-refractivity contribution in [1.29, 1.82) is 0 Å². The maximum Gasteiger partial charge on any atom is 0.119 e. The van der Waals surface area contributed by atoms with E-state index in [-0.39, 0.29) is 6.61 Å². The highest BCUT2D eigenvalue weighted by Crippen LogP contribution is 2.37. The first kappa shape index (κ1) is 19.0. The van der Waals surface area contributed by atoms with Gasteiger partial charge in [-0.05, 0) is 80.8 Å². The van der Waals surface area contributed by atoms with Gasteiger partial charge in [0.05, 0.1) is 6.61 Å². The van der Waals surface area contributed by atoms with Crippen LogP contribution in [0.4, 0.5) is 17.1 Å². The second kappa shape index (κ2) is 8.74. The molecule has 0 radical (unpaired) electrons. The molecule has 0 saturated heterocycles. The van der Waals surface area contributed by atoms with Gasteiger partial charge in [0.1, 0.15) is 5.75 Å². The summed E-state index contributed by atoms with van der Waals surface area (Å²) in [4.78, 5) is 2.26. The summed E-state index contributed by atoms with van der Waals surface area (Å²) in [5.41, 5.74) is 6.94. The van der Waals surface area contributed by atoms with E-state index in [1.807, 2.05) is 19.1 Å². The summed E-state index contributed by atoms with van der Waals surface area (Å²) in [7, 11) is 0. The molecule has 0 amide bonds. The predicted molar refractivity (Wildman–Crippen MR) is 113 cm³/mol. The van der Waals surface area contributed by atoms with Crippen LogP contribution in [0.25, 0.3) is 0 Å². The summed E-state index contributed by atoms with van der Waals surface area (Å²) in [5.74, 6) is 0.875. The van der Waals surface area contributed by atoms with Gasteiger partial charge >= 0.3 is 0 Å². The summed E-state index contributed by atoms with van der Waals surface area (Å²) in [6, 6.07) is 23.1. The zero-order valence-electron chi connectivity index (χ0n) is 16.3. The van der Waals surface area contributed by atoms with Crippen LogP contribution in [0.2, 0.25) is 0 Å². The normalized spacial score (nSPS) is 10.7. The molecule has 0 aliphatic heterocycles. The van der Waals surface area contributed by atoms with Crippen LogP contribution in [0.5, 0.6) is 5.75 Å². The number of hydrogen-bond donors (Lipinski definition) is 1. The lowest BCUT2D eigenvalue weighted by atomic mass is 10.1. The van der Waals surface area contributed by atoms with Crippen molar-refractivity contribution < 1.29 is 9.84 Å². The van der Waals surface area contributed by atoms with Crippen molar-refractivity contribution in [3.05, 3.63) is 83.4 Å². The van der Waals surface area contributed by atoms with Crippen LogP contribution < -0.4 is 9.64 Å². The second-order valence-corrected chi connectivity index (χ2v) is 6.69. The molecular formula is C24H27NO2. The molecule has 0 saturated carbocycles. The SMILES string of the molecule is CCOc1ccc(N(c2ccc(CCO)cc2)c2ccc(C)cc2C)cc1. The largest absolute Gasteiger partial charge is 0.494 e. The predicted octanol–water partition coefficient (Wildman–Crippen LogP) is 5.71. The molecule has 0 aromatic heterocycles. The monoisotopic (exact) mass is 361 g/mol. The molecule has 1 N–H and O–H groups in total. The summed E-state index contributed by atoms with van der Waals surface area (Å²) in [5, 5.41) is 9.16. The number of aliphatic hydroxyl groups is 1. The first-order valence-electron chi connectivity index (χ1n) is 9.42. The molecule has 0 heterocycles. The van der Waals surface area contributed by atoms with Crippen molar-refractivity contribution in [3.8, 4) is 5.75 Å². The Balaban J connectivity index is 2.05. The Morgan fingerprint density at radius 2 is 1.48 bits per heavy atom. The Morgan fingerprint density at radius 1 is 0.852 bits per heavy atom. The Morgan fingerprint density at radius 3 is 2.04 bits per heavy atom. The average molecular weight is 361 g/mol. The van der Waals surface area contributed by atoms with Gasteiger partial charge in [0.2, 0.25) is 0 Å². The zero-order valence-corrected chi connectivity index (χ0v) is 16.3. The molecule has 0 unspecified atom stereocenters. The van der Waals surface area contributed by atoms with Crippen molar-refractivity contribution in [2.24, 2.45) is 0 Å². The lowest BCUT2D eigenvalue weighted by Crippen LogP contribution is -2.11. The van der Waals surface area contributed by atoms with Gasteiger partial charge in [-0.2, -0.15) is 0 Å². The highest BCUT2D eigenvalue weighted by atomic mass is 16.5. The Kier molecular flexibility index (Phi) is 6.15. The molecule has 0 aliphatic carbocycles. The number of benzene rings is 3. The zero-order chi connectivity index (χ0) is 19.2. The Hall–Kier alpha value is -2.78. The second-order valence-electron chi connectivity index (χ2n) is 6.69. The summed E-state index contributed by atoms with van der Waals surface area (Å²) in [6.07, 6.45) is 0.674. The van der Waals surface area contributed by atoms with Crippen LogP contribution in [-0.4, -0.2) is 18.3 Å². The molecular weight excluding hydrogens is 334 g/mol. The molecule has 3 aromatic carbocycles. The Bertz CT molecular complexity index is 820. The maximum absolute atomic E-state index is 9.16. The van der Waals surface area contributed by atoms with Gasteiger partial charge in [-0.15, -0.1) is 0 Å². The van der Waals surface area contributed by atoms with Crippen molar-refractivity contribution in [3.63, 3.8) is 0 Å². The van der Waals surface area contributed by atoms with E-state index in [9.17, 15) is 0 Å². The molecule has 27 heavy (non-hydrogen) atoms. The van der Waals surface area contributed by atoms with E-state index in [1.54, 1.807) is 0 Å². The van der Waals surface area contributed by atoms with Gasteiger partial charge in [-0.3, -0.25) is 0 Å². The molecule has 3 rings (SSSR count). The molecule has 0 aliphatic rings. The molecule has 3 nitrogen and oxygen atoms in total. The van der Waals surface area contributed by atoms with Crippen LogP contribution in [0.15, 0.2) is 66.7 Å². The third kappa shape index (κ3) is 4.50. The van der Waals surface area contributed by atoms with Gasteiger partial charge in [0.15, 0.2) is 0 Å². The molecule has 0 atom stereocenters. The van der Waals surface area contributed by atoms with E-state index in [0.29, 0.717) is 13.0 Å². The third-order valence-electron chi connectivity index (χ3n) is 4.59. The van der Waals surface area contributed by atoms with E-state index in [4.69, 9.17) is 9.84 Å². The number of ether oxygens (including phenoxy) is 1. The molecule has 3 aromatic rings. The van der Waals surface area contributed by atoms with Crippen LogP contribution >= 0.6 is 0 Å². The van der Waals surface area contributed by atoms with Crippen molar-refractivity contribution in [1.82, 2.24) is 0 Å². The molecule has 0 spiro atoms. The number of nitrogens with zero attached hydrogens (tertiary/aromatic N) is 1. The highest BCUT2D eigenvalue weighted by molar-refractivity contribution is 5.78. The van der Waals surface area contributed by atoms with E-state index in [1.165, 1.54) is 11.1 Å². The van der Waals surface area contributed by atoms with E-state index < -0.39 is 0 Å². The molecule has 140 valence electrons. The number of aliphatic hydroxyl groups excluding tert-OH is 1. The fourth-order valence-corrected chi connectivity index (χ4v) is 3.28. The topological polar surface area (TPSA) is 32.7 Å². The van der Waals surface area contributed by atoms with Crippen LogP contribution in [0.1, 0.15) is 23.6 Å². The Labute approximate surface area is 161 Å². The van der Waals surface area contributed by atoms with Crippen LogP contribution in [-0.2, 0) is 6.42 Å². The molecule has 0 fully saturated rings. The fraction of sp³-hybridized carbons (Fsp3) is 0.250. The number of hydrogen-bond acceptors (Lipinski definition) is 3. The smallest absolute Gasteiger partial charge is 0.119 e. The van der Waals surface area contributed by atoms with Crippen LogP contribution in [0, 0.1) is 13.8 Å². The van der Waals surface area contributed by atoms with Gasteiger partial charge in [-0.1, -0.05) is 29.8 Å². The molecule has 3 heteroatoms. The van der Waals surface area contributed by atoms with E-state index in [2.05, 4.69) is 73.3 Å². The van der Waals surface area contributed by atoms with Crippen LogP contribution in [0.3, 0.4) is 0 Å². The fourth-order valence-electron chi connectivity index (χ4n) is 3.28. The first-order valence-corrected chi connectivity index (χ1v) is 9.42. The summed E-state index contributed by atoms with van der Waals surface area (Å²) >= 11 is 0. The quantitative estimate of drug-likeness (QED) is 0.585. The van der Waals surface area contributed by atoms with Gasteiger partial charge in [0.25, 0.3) is 0 Å². The van der Waals surface area contributed by atoms with Crippen molar-refractivity contribution in [2.75, 3.05) is 18.1 Å². The number of anilines is 3. The summed E-state index contributed by atoms with van der Waals surface area (Å²) in [6.45, 7) is 7.07. The standard InChI is InChI=1S/C24H27NO2/c1-4-27-23-12-10-22(11-13-23)25(24-14-5-18(2)17-19(24)3)21-8-6-20(7-9-21)15-16-26/h5-14,17,26H,4,15-16H2,1-3H3. The van der Waals surface area contributed by atoms with Gasteiger partial charge < -0.3 is 14.7 Å². The average Bonchev–Trinajstić information content (AvgIpc) is 2.67. The maximum atomic E-state index is 9.16. The lowest BCUT2D eigenvalue weighted by molar-refractivity contribution is 0.299. The minimum Gasteiger partial charge on any atom is -0.494 e. The van der Waals surface area contributed by atoms with Gasteiger partial charge in [-0.25, -0.2) is 0 Å². The summed E-state index contributed by atoms with van der Waals surface area (Å²) < 4.78 is 5.59. The number of rotatable bonds is 7. The minimum atomic E-state index is 0.166. The number of aryl methyl sites for hydroxylation is 2. The first-order chi connectivity index (χ1) is 13.1. The third-order valence-corrected chi connectivity index (χ3v) is 4.59. The van der Waals surface area contributed by atoms with Gasteiger partial charge in [0, 0.05) is 23.7 Å². The van der Waals surface area contributed by atoms with E-state index >= 15 is 0 Å².